The van der Waals surface area contributed by atoms with E-state index < -0.39 is 40.8 Å². The van der Waals surface area contributed by atoms with Gasteiger partial charge in [0.25, 0.3) is 0 Å². The molecule has 1 aliphatic heterocycles. The lowest BCUT2D eigenvalue weighted by atomic mass is 9.46. The Balaban J connectivity index is 0.783. The van der Waals surface area contributed by atoms with Crippen LogP contribution in [0.2, 0.25) is 0 Å². The van der Waals surface area contributed by atoms with Gasteiger partial charge in [-0.2, -0.15) is 0 Å². The van der Waals surface area contributed by atoms with Gasteiger partial charge in [-0.15, -0.1) is 5.92 Å². The summed E-state index contributed by atoms with van der Waals surface area (Å²) in [6, 6.07) is 0. The summed E-state index contributed by atoms with van der Waals surface area (Å²) in [6.07, 6.45) is 12.5. The van der Waals surface area contributed by atoms with Crippen molar-refractivity contribution < 1.29 is 67.0 Å². The fourth-order valence-corrected chi connectivity index (χ4v) is 11.2. The Morgan fingerprint density at radius 2 is 1.61 bits per heavy atom. The largest absolute Gasteiger partial charge is 0.393 e. The number of rotatable bonds is 27. The second-order valence-electron chi connectivity index (χ2n) is 18.7. The summed E-state index contributed by atoms with van der Waals surface area (Å²) in [5, 5.41) is 19.9. The van der Waals surface area contributed by atoms with Crippen LogP contribution in [0.5, 0.6) is 0 Å². The Kier molecular flexibility index (Phi) is 19.8. The summed E-state index contributed by atoms with van der Waals surface area (Å²) < 4.78 is 46.4. The number of aliphatic hydroxyl groups is 1. The average Bonchev–Trinajstić information content (AvgIpc) is 3.77. The van der Waals surface area contributed by atoms with E-state index in [1.807, 2.05) is 13.0 Å². The Labute approximate surface area is 389 Å². The van der Waals surface area contributed by atoms with Crippen molar-refractivity contribution in [1.82, 2.24) is 16.0 Å². The van der Waals surface area contributed by atoms with Gasteiger partial charge in [0.05, 0.1) is 71.6 Å². The number of hydrogen-bond acceptors (Lipinski definition) is 14. The lowest BCUT2D eigenvalue weighted by Gasteiger charge is -2.59. The highest BCUT2D eigenvalue weighted by atomic mass is 16.7. The first-order valence-electron chi connectivity index (χ1n) is 24.2. The number of allylic oxidation sites excluding steroid dienone is 4. The monoisotopic (exact) mass is 928 g/mol. The first kappa shape index (κ1) is 51.8. The quantitative estimate of drug-likeness (QED) is 0.0530. The van der Waals surface area contributed by atoms with E-state index in [4.69, 9.17) is 37.9 Å². The molecule has 0 bridgehead atoms. The lowest BCUT2D eigenvalue weighted by molar-refractivity contribution is -0.201. The summed E-state index contributed by atoms with van der Waals surface area (Å²) in [4.78, 5) is 63.5. The van der Waals surface area contributed by atoms with E-state index in [9.17, 15) is 29.1 Å². The molecule has 0 aromatic heterocycles. The molecule has 368 valence electrons. The summed E-state index contributed by atoms with van der Waals surface area (Å²) >= 11 is 0. The summed E-state index contributed by atoms with van der Waals surface area (Å²) in [7, 11) is 0. The molecule has 0 spiro atoms. The van der Waals surface area contributed by atoms with Crippen molar-refractivity contribution in [2.24, 2.45) is 28.6 Å². The molecule has 4 fully saturated rings. The highest BCUT2D eigenvalue weighted by Crippen LogP contribution is 2.69. The average molecular weight is 928 g/mol. The second kappa shape index (κ2) is 25.2. The van der Waals surface area contributed by atoms with E-state index in [-0.39, 0.29) is 93.4 Å². The molecular weight excluding hydrogens is 855 g/mol. The van der Waals surface area contributed by atoms with Gasteiger partial charge in [-0.1, -0.05) is 51.2 Å². The van der Waals surface area contributed by atoms with E-state index in [2.05, 4.69) is 41.6 Å². The Hall–Kier alpha value is -3.57. The van der Waals surface area contributed by atoms with Gasteiger partial charge in [-0.3, -0.25) is 24.0 Å². The highest BCUT2D eigenvalue weighted by Gasteiger charge is 2.75. The van der Waals surface area contributed by atoms with Gasteiger partial charge < -0.3 is 59.0 Å². The molecule has 0 radical (unpaired) electrons. The Bertz CT molecular complexity index is 1800. The minimum Gasteiger partial charge on any atom is -0.393 e. The zero-order valence-electron chi connectivity index (χ0n) is 39.2. The molecule has 0 aromatic carbocycles. The molecule has 6 rings (SSSR count). The predicted octanol–water partition coefficient (Wildman–Crippen LogP) is 2.86. The maximum Gasteiger partial charge on any atom is 0.246 e. The maximum atomic E-state index is 14.4. The van der Waals surface area contributed by atoms with E-state index in [0.717, 1.165) is 56.9 Å². The summed E-state index contributed by atoms with van der Waals surface area (Å²) in [5.74, 6) is 4.91. The van der Waals surface area contributed by atoms with Gasteiger partial charge in [-0.25, -0.2) is 0 Å². The number of carbonyl (C=O) groups excluding carboxylic acids is 5. The molecular formula is C49H73N3O14. The van der Waals surface area contributed by atoms with Crippen LogP contribution in [0.25, 0.3) is 0 Å². The van der Waals surface area contributed by atoms with Crippen LogP contribution in [0.3, 0.4) is 0 Å². The van der Waals surface area contributed by atoms with E-state index in [1.165, 1.54) is 0 Å². The van der Waals surface area contributed by atoms with Crippen LogP contribution in [-0.2, 0) is 61.9 Å². The van der Waals surface area contributed by atoms with E-state index in [1.54, 1.807) is 12.2 Å². The Morgan fingerprint density at radius 1 is 0.864 bits per heavy atom. The molecule has 0 aromatic rings. The van der Waals surface area contributed by atoms with Crippen molar-refractivity contribution in [3.8, 4) is 11.8 Å². The number of hydrogen-bond donors (Lipinski definition) is 4. The second-order valence-corrected chi connectivity index (χ2v) is 18.7. The van der Waals surface area contributed by atoms with E-state index in [0.29, 0.717) is 65.4 Å². The minimum atomic E-state index is -1.32. The molecule has 2 unspecified atom stereocenters. The van der Waals surface area contributed by atoms with Gasteiger partial charge in [0.2, 0.25) is 17.7 Å². The Morgan fingerprint density at radius 3 is 2.36 bits per heavy atom. The summed E-state index contributed by atoms with van der Waals surface area (Å²) in [6.45, 7) is 8.40. The third-order valence-corrected chi connectivity index (χ3v) is 14.4. The van der Waals surface area contributed by atoms with Gasteiger partial charge in [0.15, 0.2) is 23.5 Å². The third-order valence-electron chi connectivity index (χ3n) is 14.4. The van der Waals surface area contributed by atoms with Crippen molar-refractivity contribution >= 4 is 29.3 Å². The molecule has 1 saturated heterocycles. The van der Waals surface area contributed by atoms with Crippen LogP contribution in [0.15, 0.2) is 23.8 Å². The molecule has 3 amide bonds. The smallest absolute Gasteiger partial charge is 0.246 e. The maximum absolute atomic E-state index is 14.4. The van der Waals surface area contributed by atoms with Crippen LogP contribution < -0.4 is 16.0 Å². The molecule has 10 atom stereocenters. The normalized spacial score (nSPS) is 32.0. The lowest BCUT2D eigenvalue weighted by Crippen LogP contribution is -2.63. The highest BCUT2D eigenvalue weighted by molar-refractivity contribution is 6.01. The van der Waals surface area contributed by atoms with Crippen LogP contribution >= 0.6 is 0 Å². The standard InChI is InChI=1S/C49H73N3O14/c1-4-10-45-65-41-28-38-37-14-13-34-27-35(53)15-17-47(34,2)46(37)39(54)29-48(38,3)49(41,66-45)40(55)31-63-33-52-43(57)30-51-42(56)16-19-59-21-23-61-25-26-62-24-22-60-20-18-50-44(58)32-64-36-11-8-6-5-7-9-12-36/h15,17,27,36-39,41,45-46,54H,4-8,10-11,13-14,16,18-26,28-33H2,1-3H3,(H,50,58)(H,51,56)(H,52,57)/t36?,37-,38-,39-,41+,45?,46+,47-,48-,49+/m0/s1. The van der Waals surface area contributed by atoms with E-state index >= 15 is 0 Å². The van der Waals surface area contributed by atoms with Crippen LogP contribution in [-0.4, -0.2) is 150 Å². The van der Waals surface area contributed by atoms with Gasteiger partial charge >= 0.3 is 0 Å². The molecule has 3 saturated carbocycles. The van der Waals surface area contributed by atoms with Crippen LogP contribution in [0.1, 0.15) is 97.8 Å². The number of Topliss-reactive ketones (excluding diaryl/α,β-unsaturated/α-hetero) is 1. The number of aliphatic hydroxyl groups excluding tert-OH is 1. The number of ketones is 2. The zero-order chi connectivity index (χ0) is 47.0. The fourth-order valence-electron chi connectivity index (χ4n) is 11.2. The molecule has 66 heavy (non-hydrogen) atoms. The predicted molar refractivity (Wildman–Crippen MR) is 239 cm³/mol. The van der Waals surface area contributed by atoms with Crippen molar-refractivity contribution in [3.63, 3.8) is 0 Å². The van der Waals surface area contributed by atoms with Crippen molar-refractivity contribution in [2.45, 2.75) is 128 Å². The zero-order valence-corrected chi connectivity index (χ0v) is 39.2. The third kappa shape index (κ3) is 12.9. The molecule has 6 aliphatic rings. The summed E-state index contributed by atoms with van der Waals surface area (Å²) in [5.41, 5.74) is -1.42. The van der Waals surface area contributed by atoms with Crippen LogP contribution in [0.4, 0.5) is 0 Å². The number of fused-ring (bicyclic) bond motifs is 7. The fraction of sp³-hybridized carbons (Fsp3) is 0.776. The number of carbonyl (C=O) groups is 5. The first-order valence-corrected chi connectivity index (χ1v) is 24.2. The van der Waals surface area contributed by atoms with Crippen molar-refractivity contribution in [2.75, 3.05) is 85.9 Å². The molecule has 5 aliphatic carbocycles. The molecule has 1 heterocycles. The van der Waals surface area contributed by atoms with Crippen LogP contribution in [0, 0.1) is 40.4 Å². The minimum absolute atomic E-state index is 0.00944. The number of ether oxygens (including phenoxy) is 8. The van der Waals surface area contributed by atoms with Crippen molar-refractivity contribution in [3.05, 3.63) is 23.8 Å². The first-order chi connectivity index (χ1) is 31.9. The molecule has 17 heteroatoms. The molecule has 4 N–H and O–H groups in total. The molecule has 17 nitrogen and oxygen atoms in total. The number of nitrogens with one attached hydrogen (secondary N) is 3. The van der Waals surface area contributed by atoms with Gasteiger partial charge in [0, 0.05) is 36.1 Å². The van der Waals surface area contributed by atoms with Gasteiger partial charge in [-0.05, 0) is 75.4 Å². The SMILES string of the molecule is CCCC1O[C@@H]2C[C@H]3[C@@H]4CCC5=CC(=O)C=C[C@]5(C)[C@H]4[C@@H](O)C[C@]3(C)[C@]2(C(=O)COCNC(=O)CNC(=O)CCOCCOCCOCCOCCNC(=O)COC2C#CCCCCC2)O1. The van der Waals surface area contributed by atoms with Gasteiger partial charge in [0.1, 0.15) is 26.0 Å². The van der Waals surface area contributed by atoms with Crippen molar-refractivity contribution in [1.29, 1.82) is 0 Å². The topological polar surface area (TPSA) is 216 Å². The number of amides is 3.